The molecule has 2 rings (SSSR count). The van der Waals surface area contributed by atoms with Gasteiger partial charge in [0.1, 0.15) is 5.60 Å². The Morgan fingerprint density at radius 3 is 2.62 bits per heavy atom. The number of amides is 1. The van der Waals surface area contributed by atoms with Gasteiger partial charge in [0, 0.05) is 12.6 Å². The summed E-state index contributed by atoms with van der Waals surface area (Å²) in [4.78, 5) is 14.1. The maximum atomic E-state index is 12.2. The number of nitriles is 1. The number of carbonyl (C=O) groups excluding carboxylic acids is 1. The van der Waals surface area contributed by atoms with Gasteiger partial charge in [-0.25, -0.2) is 4.79 Å². The summed E-state index contributed by atoms with van der Waals surface area (Å²) >= 11 is 0. The molecule has 4 heteroatoms. The van der Waals surface area contributed by atoms with Crippen LogP contribution in [0.25, 0.3) is 0 Å². The molecule has 1 heterocycles. The van der Waals surface area contributed by atoms with E-state index in [0.717, 1.165) is 31.4 Å². The maximum Gasteiger partial charge on any atom is 0.410 e. The van der Waals surface area contributed by atoms with Gasteiger partial charge in [-0.2, -0.15) is 5.26 Å². The van der Waals surface area contributed by atoms with Gasteiger partial charge in [-0.1, -0.05) is 12.1 Å². The molecule has 1 aromatic rings. The van der Waals surface area contributed by atoms with Gasteiger partial charge >= 0.3 is 6.09 Å². The molecule has 1 amide bonds. The molecule has 0 N–H and O–H groups in total. The molecular formula is C17H22N2O2. The summed E-state index contributed by atoms with van der Waals surface area (Å²) in [5.41, 5.74) is 1.35. The van der Waals surface area contributed by atoms with Gasteiger partial charge in [-0.3, -0.25) is 0 Å². The van der Waals surface area contributed by atoms with Crippen LogP contribution in [0.3, 0.4) is 0 Å². The zero-order valence-electron chi connectivity index (χ0n) is 12.9. The van der Waals surface area contributed by atoms with Gasteiger partial charge in [0.2, 0.25) is 0 Å². The maximum absolute atomic E-state index is 12.2. The average molecular weight is 286 g/mol. The van der Waals surface area contributed by atoms with Gasteiger partial charge < -0.3 is 9.64 Å². The Labute approximate surface area is 126 Å². The topological polar surface area (TPSA) is 53.3 Å². The number of carbonyl (C=O) groups is 1. The Morgan fingerprint density at radius 2 is 2.05 bits per heavy atom. The van der Waals surface area contributed by atoms with Crippen LogP contribution in [-0.2, 0) is 11.2 Å². The summed E-state index contributed by atoms with van der Waals surface area (Å²) in [6.07, 6.45) is 2.60. The summed E-state index contributed by atoms with van der Waals surface area (Å²) < 4.78 is 5.47. The number of hydrogen-bond acceptors (Lipinski definition) is 3. The number of hydrogen-bond donors (Lipinski definition) is 0. The van der Waals surface area contributed by atoms with E-state index >= 15 is 0 Å². The third-order valence-corrected chi connectivity index (χ3v) is 3.56. The van der Waals surface area contributed by atoms with Crippen molar-refractivity contribution >= 4 is 6.09 Å². The highest BCUT2D eigenvalue weighted by molar-refractivity contribution is 5.69. The van der Waals surface area contributed by atoms with E-state index in [1.54, 1.807) is 0 Å². The quantitative estimate of drug-likeness (QED) is 0.836. The van der Waals surface area contributed by atoms with Crippen molar-refractivity contribution in [1.29, 1.82) is 5.26 Å². The number of benzene rings is 1. The highest BCUT2D eigenvalue weighted by atomic mass is 16.6. The molecule has 4 nitrogen and oxygen atoms in total. The van der Waals surface area contributed by atoms with Crippen molar-refractivity contribution < 1.29 is 9.53 Å². The Hall–Kier alpha value is -2.02. The highest BCUT2D eigenvalue weighted by Crippen LogP contribution is 2.23. The first-order valence-corrected chi connectivity index (χ1v) is 7.38. The molecule has 1 aliphatic heterocycles. The van der Waals surface area contributed by atoms with E-state index in [9.17, 15) is 4.79 Å². The molecule has 1 aliphatic rings. The van der Waals surface area contributed by atoms with Crippen LogP contribution in [0.1, 0.15) is 44.7 Å². The van der Waals surface area contributed by atoms with Crippen molar-refractivity contribution in [3.05, 3.63) is 35.4 Å². The molecule has 0 radical (unpaired) electrons. The standard InChI is InChI=1S/C17H22N2O2/c1-17(2,3)21-16(20)19-10-4-5-15(19)11-13-6-8-14(12-18)9-7-13/h6-9,15H,4-5,10-11H2,1-3H3. The molecule has 0 spiro atoms. The lowest BCUT2D eigenvalue weighted by molar-refractivity contribution is 0.0227. The van der Waals surface area contributed by atoms with Gasteiger partial charge in [0.05, 0.1) is 11.6 Å². The molecule has 0 bridgehead atoms. The molecule has 112 valence electrons. The minimum atomic E-state index is -0.460. The molecule has 1 unspecified atom stereocenters. The highest BCUT2D eigenvalue weighted by Gasteiger charge is 2.32. The van der Waals surface area contributed by atoms with Crippen LogP contribution in [0.5, 0.6) is 0 Å². The van der Waals surface area contributed by atoms with E-state index in [2.05, 4.69) is 6.07 Å². The second kappa shape index (κ2) is 6.17. The molecule has 0 aromatic heterocycles. The summed E-state index contributed by atoms with van der Waals surface area (Å²) in [5.74, 6) is 0. The van der Waals surface area contributed by atoms with E-state index in [-0.39, 0.29) is 12.1 Å². The number of ether oxygens (including phenoxy) is 1. The second-order valence-corrected chi connectivity index (χ2v) is 6.48. The fourth-order valence-electron chi connectivity index (χ4n) is 2.60. The summed E-state index contributed by atoms with van der Waals surface area (Å²) in [6, 6.07) is 9.87. The number of likely N-dealkylation sites (tertiary alicyclic amines) is 1. The molecule has 0 saturated carbocycles. The largest absolute Gasteiger partial charge is 0.444 e. The van der Waals surface area contributed by atoms with Crippen LogP contribution < -0.4 is 0 Å². The minimum Gasteiger partial charge on any atom is -0.444 e. The van der Waals surface area contributed by atoms with Gasteiger partial charge in [0.15, 0.2) is 0 Å². The molecule has 21 heavy (non-hydrogen) atoms. The SMILES string of the molecule is CC(C)(C)OC(=O)N1CCCC1Cc1ccc(C#N)cc1. The van der Waals surface area contributed by atoms with Crippen LogP contribution in [0.15, 0.2) is 24.3 Å². The lowest BCUT2D eigenvalue weighted by Gasteiger charge is -2.28. The van der Waals surface area contributed by atoms with Crippen LogP contribution in [-0.4, -0.2) is 29.2 Å². The zero-order chi connectivity index (χ0) is 15.5. The first-order chi connectivity index (χ1) is 9.89. The molecule has 1 saturated heterocycles. The predicted molar refractivity (Wildman–Crippen MR) is 80.8 cm³/mol. The minimum absolute atomic E-state index is 0.188. The molecule has 1 aromatic carbocycles. The smallest absolute Gasteiger partial charge is 0.410 e. The van der Waals surface area contributed by atoms with Crippen molar-refractivity contribution in [3.8, 4) is 6.07 Å². The Bertz CT molecular complexity index is 537. The van der Waals surface area contributed by atoms with Crippen LogP contribution in [0.4, 0.5) is 4.79 Å². The normalized spacial score (nSPS) is 18.4. The first kappa shape index (κ1) is 15.4. The van der Waals surface area contributed by atoms with Crippen molar-refractivity contribution in [2.24, 2.45) is 0 Å². The van der Waals surface area contributed by atoms with Gasteiger partial charge in [0.25, 0.3) is 0 Å². The van der Waals surface area contributed by atoms with Crippen LogP contribution in [0, 0.1) is 11.3 Å². The van der Waals surface area contributed by atoms with Crippen molar-refractivity contribution in [3.63, 3.8) is 0 Å². The molecule has 0 aliphatic carbocycles. The van der Waals surface area contributed by atoms with E-state index < -0.39 is 5.60 Å². The lowest BCUT2D eigenvalue weighted by atomic mass is 10.0. The third kappa shape index (κ3) is 4.22. The first-order valence-electron chi connectivity index (χ1n) is 7.38. The fraction of sp³-hybridized carbons (Fsp3) is 0.529. The zero-order valence-corrected chi connectivity index (χ0v) is 12.9. The Morgan fingerprint density at radius 1 is 1.38 bits per heavy atom. The molecule has 1 fully saturated rings. The van der Waals surface area contributed by atoms with Crippen LogP contribution >= 0.6 is 0 Å². The third-order valence-electron chi connectivity index (χ3n) is 3.56. The van der Waals surface area contributed by atoms with Gasteiger partial charge in [-0.05, 0) is 57.7 Å². The van der Waals surface area contributed by atoms with E-state index in [0.29, 0.717) is 5.56 Å². The van der Waals surface area contributed by atoms with Crippen molar-refractivity contribution in [1.82, 2.24) is 4.90 Å². The second-order valence-electron chi connectivity index (χ2n) is 6.48. The number of nitrogens with zero attached hydrogens (tertiary/aromatic N) is 2. The van der Waals surface area contributed by atoms with Gasteiger partial charge in [-0.15, -0.1) is 0 Å². The monoisotopic (exact) mass is 286 g/mol. The van der Waals surface area contributed by atoms with Crippen LogP contribution in [0.2, 0.25) is 0 Å². The summed E-state index contributed by atoms with van der Waals surface area (Å²) in [5, 5.41) is 8.82. The van der Waals surface area contributed by atoms with E-state index in [1.807, 2.05) is 49.9 Å². The summed E-state index contributed by atoms with van der Waals surface area (Å²) in [7, 11) is 0. The molecular weight excluding hydrogens is 264 g/mol. The average Bonchev–Trinajstić information content (AvgIpc) is 2.86. The van der Waals surface area contributed by atoms with Crippen molar-refractivity contribution in [2.45, 2.75) is 51.7 Å². The molecule has 1 atom stereocenters. The summed E-state index contributed by atoms with van der Waals surface area (Å²) in [6.45, 7) is 6.42. The predicted octanol–water partition coefficient (Wildman–Crippen LogP) is 3.50. The fourth-order valence-corrected chi connectivity index (χ4v) is 2.60. The number of rotatable bonds is 2. The Balaban J connectivity index is 2.01. The van der Waals surface area contributed by atoms with Crippen molar-refractivity contribution in [2.75, 3.05) is 6.54 Å². The Kier molecular flexibility index (Phi) is 4.52. The van der Waals surface area contributed by atoms with E-state index in [4.69, 9.17) is 10.00 Å². The van der Waals surface area contributed by atoms with E-state index in [1.165, 1.54) is 0 Å². The lowest BCUT2D eigenvalue weighted by Crippen LogP contribution is -2.40.